The fourth-order valence-electron chi connectivity index (χ4n) is 5.01. The molecule has 0 spiro atoms. The summed E-state index contributed by atoms with van der Waals surface area (Å²) in [6.45, 7) is 10.3. The molecule has 0 bridgehead atoms. The van der Waals surface area contributed by atoms with Crippen LogP contribution in [0.3, 0.4) is 0 Å². The van der Waals surface area contributed by atoms with E-state index < -0.39 is 23.8 Å². The molecule has 2 atom stereocenters. The smallest absolute Gasteiger partial charge is 0.254 e. The van der Waals surface area contributed by atoms with E-state index in [4.69, 9.17) is 5.73 Å². The number of carbonyl (C=O) groups is 2. The maximum absolute atomic E-state index is 14.0. The second-order valence-electron chi connectivity index (χ2n) is 10.8. The molecule has 0 aliphatic heterocycles. The Morgan fingerprint density at radius 3 is 2.07 bits per heavy atom. The zero-order valence-electron chi connectivity index (χ0n) is 24.5. The third kappa shape index (κ3) is 8.68. The normalized spacial score (nSPS) is 12.7. The van der Waals surface area contributed by atoms with Gasteiger partial charge in [0.1, 0.15) is 11.6 Å². The molecule has 0 aliphatic carbocycles. The quantitative estimate of drug-likeness (QED) is 0.313. The molecule has 0 aliphatic rings. The van der Waals surface area contributed by atoms with Crippen LogP contribution in [0, 0.1) is 18.6 Å². The number of nitrogens with zero attached hydrogens (tertiary/aromatic N) is 2. The van der Waals surface area contributed by atoms with E-state index in [0.717, 1.165) is 29.2 Å². The van der Waals surface area contributed by atoms with Gasteiger partial charge < -0.3 is 20.6 Å². The monoisotopic (exact) mass is 565 g/mol. The minimum absolute atomic E-state index is 0.00213. The number of nitrogens with two attached hydrogens (primary N) is 1. The number of benzene rings is 3. The van der Waals surface area contributed by atoms with Crippen LogP contribution in [0.2, 0.25) is 0 Å². The lowest BCUT2D eigenvalue weighted by atomic mass is 10.00. The average Bonchev–Trinajstić information content (AvgIpc) is 2.91. The minimum atomic E-state index is -1.18. The zero-order valence-corrected chi connectivity index (χ0v) is 24.5. The molecular weight excluding hydrogens is 524 g/mol. The fraction of sp³-hybridized carbons (Fsp3) is 0.394. The highest BCUT2D eigenvalue weighted by Gasteiger charge is 2.26. The number of carbonyl (C=O) groups excluding carboxylic acids is 2. The molecule has 0 unspecified atom stereocenters. The highest BCUT2D eigenvalue weighted by Crippen LogP contribution is 2.19. The van der Waals surface area contributed by atoms with Crippen LogP contribution in [-0.2, 0) is 19.4 Å². The standard InChI is InChI=1S/C33H41F2N3O3/c1-6-23-9-8-10-24(13-23)19-37(20-31(39)30(36)16-25-14-28(34)18-29(35)15-25)32(40)26-11-22(5)12-27(17-26)33(41)38(7-2)21(3)4/h8-15,17-18,21,30-31,39H,6-7,16,19-20,36H2,1-5H3/t30-,31+/m0/s1. The van der Waals surface area contributed by atoms with E-state index in [1.807, 2.05) is 58.9 Å². The third-order valence-corrected chi connectivity index (χ3v) is 7.15. The van der Waals surface area contributed by atoms with E-state index in [-0.39, 0.29) is 37.4 Å². The van der Waals surface area contributed by atoms with Crippen LogP contribution in [0.5, 0.6) is 0 Å². The Morgan fingerprint density at radius 1 is 0.878 bits per heavy atom. The highest BCUT2D eigenvalue weighted by atomic mass is 19.1. The van der Waals surface area contributed by atoms with Gasteiger partial charge in [0.15, 0.2) is 0 Å². The van der Waals surface area contributed by atoms with Crippen LogP contribution in [0.25, 0.3) is 0 Å². The summed E-state index contributed by atoms with van der Waals surface area (Å²) in [5, 5.41) is 11.1. The van der Waals surface area contributed by atoms with E-state index in [2.05, 4.69) is 0 Å². The van der Waals surface area contributed by atoms with Gasteiger partial charge in [-0.3, -0.25) is 9.59 Å². The van der Waals surface area contributed by atoms with E-state index >= 15 is 0 Å². The molecular formula is C33H41F2N3O3. The van der Waals surface area contributed by atoms with E-state index in [1.54, 1.807) is 23.1 Å². The summed E-state index contributed by atoms with van der Waals surface area (Å²) >= 11 is 0. The molecule has 8 heteroatoms. The summed E-state index contributed by atoms with van der Waals surface area (Å²) in [5.74, 6) is -1.97. The first kappa shape index (κ1) is 31.9. The van der Waals surface area contributed by atoms with Crippen molar-refractivity contribution in [3.63, 3.8) is 0 Å². The fourth-order valence-corrected chi connectivity index (χ4v) is 5.01. The highest BCUT2D eigenvalue weighted by molar-refractivity contribution is 6.00. The average molecular weight is 566 g/mol. The first-order valence-corrected chi connectivity index (χ1v) is 14.1. The molecule has 2 amide bonds. The predicted octanol–water partition coefficient (Wildman–Crippen LogP) is 5.28. The van der Waals surface area contributed by atoms with E-state index in [9.17, 15) is 23.5 Å². The first-order chi connectivity index (χ1) is 19.4. The van der Waals surface area contributed by atoms with Gasteiger partial charge in [-0.1, -0.05) is 31.2 Å². The van der Waals surface area contributed by atoms with Crippen LogP contribution < -0.4 is 5.73 Å². The molecule has 0 saturated heterocycles. The number of aliphatic hydroxyl groups excluding tert-OH is 1. The summed E-state index contributed by atoms with van der Waals surface area (Å²) < 4.78 is 27.4. The molecule has 3 aromatic rings. The van der Waals surface area contributed by atoms with Gasteiger partial charge in [0, 0.05) is 48.9 Å². The van der Waals surface area contributed by atoms with Gasteiger partial charge in [0.2, 0.25) is 0 Å². The minimum Gasteiger partial charge on any atom is -0.390 e. The lowest BCUT2D eigenvalue weighted by molar-refractivity contribution is 0.0554. The molecule has 3 N–H and O–H groups in total. The lowest BCUT2D eigenvalue weighted by Crippen LogP contribution is -2.46. The van der Waals surface area contributed by atoms with Crippen molar-refractivity contribution in [2.75, 3.05) is 13.1 Å². The Kier molecular flexibility index (Phi) is 11.1. The number of aryl methyl sites for hydroxylation is 2. The summed E-state index contributed by atoms with van der Waals surface area (Å²) in [6, 6.07) is 15.2. The largest absolute Gasteiger partial charge is 0.390 e. The van der Waals surface area contributed by atoms with E-state index in [0.29, 0.717) is 23.2 Å². The molecule has 0 radical (unpaired) electrons. The Labute approximate surface area is 241 Å². The summed E-state index contributed by atoms with van der Waals surface area (Å²) in [6.07, 6.45) is -0.330. The third-order valence-electron chi connectivity index (χ3n) is 7.15. The zero-order chi connectivity index (χ0) is 30.3. The van der Waals surface area contributed by atoms with Crippen molar-refractivity contribution in [3.8, 4) is 0 Å². The van der Waals surface area contributed by atoms with Gasteiger partial charge in [-0.05, 0) is 93.1 Å². The maximum atomic E-state index is 14.0. The molecule has 0 fully saturated rings. The van der Waals surface area contributed by atoms with Crippen molar-refractivity contribution in [2.24, 2.45) is 5.73 Å². The van der Waals surface area contributed by atoms with Crippen molar-refractivity contribution in [2.45, 2.75) is 72.2 Å². The summed E-state index contributed by atoms with van der Waals surface area (Å²) in [4.78, 5) is 30.5. The molecule has 3 rings (SSSR count). The molecule has 3 aromatic carbocycles. The molecule has 41 heavy (non-hydrogen) atoms. The van der Waals surface area contributed by atoms with Gasteiger partial charge in [-0.15, -0.1) is 0 Å². The Hall–Kier alpha value is -3.62. The molecule has 0 aromatic heterocycles. The number of hydrogen-bond acceptors (Lipinski definition) is 4. The maximum Gasteiger partial charge on any atom is 0.254 e. The van der Waals surface area contributed by atoms with Crippen molar-refractivity contribution in [3.05, 3.63) is 106 Å². The van der Waals surface area contributed by atoms with Crippen LogP contribution in [0.15, 0.2) is 60.7 Å². The number of rotatable bonds is 12. The van der Waals surface area contributed by atoms with Crippen molar-refractivity contribution < 1.29 is 23.5 Å². The van der Waals surface area contributed by atoms with Gasteiger partial charge in [-0.25, -0.2) is 8.78 Å². The van der Waals surface area contributed by atoms with Crippen molar-refractivity contribution >= 4 is 11.8 Å². The van der Waals surface area contributed by atoms with Gasteiger partial charge in [0.25, 0.3) is 11.8 Å². The van der Waals surface area contributed by atoms with Gasteiger partial charge in [-0.2, -0.15) is 0 Å². The molecule has 6 nitrogen and oxygen atoms in total. The second-order valence-corrected chi connectivity index (χ2v) is 10.8. The first-order valence-electron chi connectivity index (χ1n) is 14.1. The van der Waals surface area contributed by atoms with E-state index in [1.165, 1.54) is 17.0 Å². The van der Waals surface area contributed by atoms with Crippen molar-refractivity contribution in [1.29, 1.82) is 0 Å². The Balaban J connectivity index is 1.92. The number of amides is 2. The Morgan fingerprint density at radius 2 is 1.49 bits per heavy atom. The summed E-state index contributed by atoms with van der Waals surface area (Å²) in [5.41, 5.74) is 10.1. The molecule has 0 heterocycles. The topological polar surface area (TPSA) is 86.9 Å². The van der Waals surface area contributed by atoms with Crippen molar-refractivity contribution in [1.82, 2.24) is 9.80 Å². The second kappa shape index (κ2) is 14.3. The van der Waals surface area contributed by atoms with Gasteiger partial charge >= 0.3 is 0 Å². The van der Waals surface area contributed by atoms with Crippen LogP contribution in [-0.4, -0.2) is 58.0 Å². The lowest BCUT2D eigenvalue weighted by Gasteiger charge is -2.29. The van der Waals surface area contributed by atoms with Gasteiger partial charge in [0.05, 0.1) is 6.10 Å². The predicted molar refractivity (Wildman–Crippen MR) is 158 cm³/mol. The molecule has 220 valence electrons. The Bertz CT molecular complexity index is 1340. The number of hydrogen-bond donors (Lipinski definition) is 2. The SMILES string of the molecule is CCc1cccc(CN(C[C@@H](O)[C@@H](N)Cc2cc(F)cc(F)c2)C(=O)c2cc(C)cc(C(=O)N(CC)C(C)C)c2)c1. The summed E-state index contributed by atoms with van der Waals surface area (Å²) in [7, 11) is 0. The van der Waals surface area contributed by atoms with Crippen LogP contribution in [0.1, 0.15) is 70.7 Å². The number of aliphatic hydroxyl groups is 1. The molecule has 0 saturated carbocycles. The van der Waals surface area contributed by atoms with Crippen LogP contribution in [0.4, 0.5) is 8.78 Å². The number of halogens is 2. The van der Waals surface area contributed by atoms with Crippen LogP contribution >= 0.6 is 0 Å².